The minimum absolute atomic E-state index is 0.236. The van der Waals surface area contributed by atoms with Gasteiger partial charge in [0.25, 0.3) is 5.91 Å². The first-order valence-corrected chi connectivity index (χ1v) is 10.3. The Balaban J connectivity index is 1.83. The lowest BCUT2D eigenvalue weighted by molar-refractivity contribution is 0.102. The van der Waals surface area contributed by atoms with Crippen molar-refractivity contribution in [2.45, 2.75) is 35.8 Å². The average Bonchev–Trinajstić information content (AvgIpc) is 3.10. The summed E-state index contributed by atoms with van der Waals surface area (Å²) in [5.74, 6) is -0.419. The molecule has 2 aromatic carbocycles. The molecule has 0 saturated heterocycles. The van der Waals surface area contributed by atoms with Gasteiger partial charge in [-0.1, -0.05) is 42.1 Å². The van der Waals surface area contributed by atoms with Gasteiger partial charge in [0.2, 0.25) is 0 Å². The summed E-state index contributed by atoms with van der Waals surface area (Å²) in [7, 11) is -3.37. The van der Waals surface area contributed by atoms with E-state index in [1.54, 1.807) is 24.3 Å². The Bertz CT molecular complexity index is 906. The van der Waals surface area contributed by atoms with Crippen molar-refractivity contribution in [1.82, 2.24) is 0 Å². The third-order valence-electron chi connectivity index (χ3n) is 4.34. The minimum Gasteiger partial charge on any atom is -0.322 e. The largest absolute Gasteiger partial charge is 0.322 e. The quantitative estimate of drug-likeness (QED) is 0.792. The van der Waals surface area contributed by atoms with Crippen LogP contribution in [-0.4, -0.2) is 19.6 Å². The minimum atomic E-state index is -3.37. The first-order chi connectivity index (χ1) is 11.9. The molecule has 7 heteroatoms. The Hall–Kier alpha value is -1.56. The number of hydrogen-bond acceptors (Lipinski definition) is 3. The van der Waals surface area contributed by atoms with Crippen LogP contribution in [0.1, 0.15) is 36.0 Å². The van der Waals surface area contributed by atoms with Crippen LogP contribution in [0.3, 0.4) is 0 Å². The van der Waals surface area contributed by atoms with Crippen LogP contribution in [0.15, 0.2) is 47.4 Å². The first kappa shape index (κ1) is 18.2. The van der Waals surface area contributed by atoms with E-state index in [1.165, 1.54) is 18.2 Å². The summed E-state index contributed by atoms with van der Waals surface area (Å²) >= 11 is 11.9. The predicted octanol–water partition coefficient (Wildman–Crippen LogP) is 4.96. The Morgan fingerprint density at radius 3 is 2.44 bits per heavy atom. The van der Waals surface area contributed by atoms with Gasteiger partial charge in [-0.2, -0.15) is 0 Å². The van der Waals surface area contributed by atoms with Gasteiger partial charge in [-0.05, 0) is 49.2 Å². The highest BCUT2D eigenvalue weighted by Crippen LogP contribution is 2.30. The Morgan fingerprint density at radius 1 is 1.04 bits per heavy atom. The van der Waals surface area contributed by atoms with Crippen molar-refractivity contribution in [1.29, 1.82) is 0 Å². The van der Waals surface area contributed by atoms with Gasteiger partial charge in [0.05, 0.1) is 20.7 Å². The van der Waals surface area contributed by atoms with Gasteiger partial charge >= 0.3 is 0 Å². The molecule has 0 aliphatic heterocycles. The molecule has 1 fully saturated rings. The van der Waals surface area contributed by atoms with Gasteiger partial charge in [0.1, 0.15) is 0 Å². The summed E-state index contributed by atoms with van der Waals surface area (Å²) in [6, 6.07) is 10.9. The fourth-order valence-corrected chi connectivity index (χ4v) is 5.41. The van der Waals surface area contributed by atoms with E-state index in [2.05, 4.69) is 5.32 Å². The van der Waals surface area contributed by atoms with Crippen LogP contribution in [0.2, 0.25) is 10.0 Å². The fourth-order valence-electron chi connectivity index (χ4n) is 3.01. The van der Waals surface area contributed by atoms with E-state index in [9.17, 15) is 13.2 Å². The van der Waals surface area contributed by atoms with E-state index in [0.717, 1.165) is 12.8 Å². The van der Waals surface area contributed by atoms with Crippen molar-refractivity contribution >= 4 is 44.6 Å². The standard InChI is InChI=1S/C18H17Cl2NO3S/c19-12-8-9-16(17(20)10-12)18(22)21-13-4-3-7-15(11-13)25(23,24)14-5-1-2-6-14/h3-4,7-11,14H,1-2,5-6H2,(H,21,22). The maximum Gasteiger partial charge on any atom is 0.257 e. The molecule has 0 radical (unpaired) electrons. The highest BCUT2D eigenvalue weighted by molar-refractivity contribution is 7.92. The third-order valence-corrected chi connectivity index (χ3v) is 7.15. The van der Waals surface area contributed by atoms with E-state index in [0.29, 0.717) is 23.6 Å². The molecule has 0 aromatic heterocycles. The van der Waals surface area contributed by atoms with Crippen LogP contribution in [0, 0.1) is 0 Å². The van der Waals surface area contributed by atoms with Gasteiger partial charge < -0.3 is 5.32 Å². The summed E-state index contributed by atoms with van der Waals surface area (Å²) in [6.07, 6.45) is 3.27. The number of nitrogens with one attached hydrogen (secondary N) is 1. The molecule has 4 nitrogen and oxygen atoms in total. The zero-order valence-corrected chi connectivity index (χ0v) is 15.7. The van der Waals surface area contributed by atoms with Crippen molar-refractivity contribution in [2.24, 2.45) is 0 Å². The molecule has 1 N–H and O–H groups in total. The number of amides is 1. The summed E-state index contributed by atoms with van der Waals surface area (Å²) < 4.78 is 25.4. The summed E-state index contributed by atoms with van der Waals surface area (Å²) in [5, 5.41) is 3.03. The van der Waals surface area contributed by atoms with E-state index >= 15 is 0 Å². The molecule has 0 atom stereocenters. The number of carbonyl (C=O) groups excluding carboxylic acids is 1. The van der Waals surface area contributed by atoms with E-state index in [1.807, 2.05) is 0 Å². The van der Waals surface area contributed by atoms with Crippen LogP contribution >= 0.6 is 23.2 Å². The molecule has 1 saturated carbocycles. The topological polar surface area (TPSA) is 63.2 Å². The zero-order valence-electron chi connectivity index (χ0n) is 13.3. The normalized spacial score (nSPS) is 15.3. The van der Waals surface area contributed by atoms with Crippen molar-refractivity contribution in [3.05, 3.63) is 58.1 Å². The number of sulfone groups is 1. The van der Waals surface area contributed by atoms with Crippen molar-refractivity contribution < 1.29 is 13.2 Å². The SMILES string of the molecule is O=C(Nc1cccc(S(=O)(=O)C2CCCC2)c1)c1ccc(Cl)cc1Cl. The molecule has 3 rings (SSSR count). The Labute approximate surface area is 157 Å². The van der Waals surface area contributed by atoms with Gasteiger partial charge in [-0.25, -0.2) is 8.42 Å². The number of hydrogen-bond donors (Lipinski definition) is 1. The molecule has 1 aliphatic carbocycles. The smallest absolute Gasteiger partial charge is 0.257 e. The molecule has 0 unspecified atom stereocenters. The monoisotopic (exact) mass is 397 g/mol. The lowest BCUT2D eigenvalue weighted by Gasteiger charge is -2.13. The lowest BCUT2D eigenvalue weighted by atomic mass is 10.2. The van der Waals surface area contributed by atoms with Crippen LogP contribution in [0.5, 0.6) is 0 Å². The van der Waals surface area contributed by atoms with Crippen LogP contribution in [-0.2, 0) is 9.84 Å². The number of anilines is 1. The maximum atomic E-state index is 12.7. The second kappa shape index (κ2) is 7.36. The molecule has 1 aliphatic rings. The molecule has 25 heavy (non-hydrogen) atoms. The van der Waals surface area contributed by atoms with Crippen molar-refractivity contribution in [3.8, 4) is 0 Å². The van der Waals surface area contributed by atoms with Crippen molar-refractivity contribution in [2.75, 3.05) is 5.32 Å². The summed E-state index contributed by atoms with van der Waals surface area (Å²) in [6.45, 7) is 0. The van der Waals surface area contributed by atoms with Gasteiger partial charge in [0.15, 0.2) is 9.84 Å². The zero-order chi connectivity index (χ0) is 18.0. The molecule has 2 aromatic rings. The molecular weight excluding hydrogens is 381 g/mol. The predicted molar refractivity (Wildman–Crippen MR) is 100 cm³/mol. The van der Waals surface area contributed by atoms with Gasteiger partial charge in [-0.3, -0.25) is 4.79 Å². The number of carbonyl (C=O) groups is 1. The molecule has 1 amide bonds. The second-order valence-electron chi connectivity index (χ2n) is 6.06. The molecule has 0 heterocycles. The third kappa shape index (κ3) is 4.00. The number of rotatable bonds is 4. The highest BCUT2D eigenvalue weighted by Gasteiger charge is 2.30. The Kier molecular flexibility index (Phi) is 5.37. The van der Waals surface area contributed by atoms with E-state index in [-0.39, 0.29) is 20.7 Å². The average molecular weight is 398 g/mol. The van der Waals surface area contributed by atoms with Gasteiger partial charge in [-0.15, -0.1) is 0 Å². The summed E-state index contributed by atoms with van der Waals surface area (Å²) in [5.41, 5.74) is 0.685. The Morgan fingerprint density at radius 2 is 1.76 bits per heavy atom. The number of benzene rings is 2. The van der Waals surface area contributed by atoms with Gasteiger partial charge in [0, 0.05) is 10.7 Å². The maximum absolute atomic E-state index is 12.7. The van der Waals surface area contributed by atoms with E-state index in [4.69, 9.17) is 23.2 Å². The molecule has 0 spiro atoms. The fraction of sp³-hybridized carbons (Fsp3) is 0.278. The van der Waals surface area contributed by atoms with Crippen LogP contribution in [0.4, 0.5) is 5.69 Å². The lowest BCUT2D eigenvalue weighted by Crippen LogP contribution is -2.18. The van der Waals surface area contributed by atoms with Crippen LogP contribution < -0.4 is 5.32 Å². The van der Waals surface area contributed by atoms with E-state index < -0.39 is 15.7 Å². The summed E-state index contributed by atoms with van der Waals surface area (Å²) in [4.78, 5) is 12.6. The van der Waals surface area contributed by atoms with Crippen molar-refractivity contribution in [3.63, 3.8) is 0 Å². The highest BCUT2D eigenvalue weighted by atomic mass is 35.5. The molecule has 132 valence electrons. The number of halogens is 2. The van der Waals surface area contributed by atoms with Crippen LogP contribution in [0.25, 0.3) is 0 Å². The second-order valence-corrected chi connectivity index (χ2v) is 9.13. The first-order valence-electron chi connectivity index (χ1n) is 7.98. The molecular formula is C18H17Cl2NO3S. The molecule has 0 bridgehead atoms.